The summed E-state index contributed by atoms with van der Waals surface area (Å²) in [6.45, 7) is 7.82. The Morgan fingerprint density at radius 1 is 1.12 bits per heavy atom. The fourth-order valence-corrected chi connectivity index (χ4v) is 3.18. The molecule has 5 nitrogen and oxygen atoms in total. The average Bonchev–Trinajstić information content (AvgIpc) is 2.61. The predicted molar refractivity (Wildman–Crippen MR) is 105 cm³/mol. The van der Waals surface area contributed by atoms with Crippen LogP contribution in [0.25, 0.3) is 10.9 Å². The van der Waals surface area contributed by atoms with Crippen LogP contribution in [0.1, 0.15) is 35.5 Å². The third-order valence-electron chi connectivity index (χ3n) is 4.52. The number of aromatic nitrogens is 2. The molecule has 0 aliphatic heterocycles. The van der Waals surface area contributed by atoms with Crippen molar-refractivity contribution in [3.05, 3.63) is 69.5 Å². The third kappa shape index (κ3) is 3.01. The molecule has 0 atom stereocenters. The fraction of sp³-hybridized carbons (Fsp3) is 0.286. The molecule has 5 heteroatoms. The number of para-hydroxylation sites is 1. The second kappa shape index (κ2) is 6.75. The van der Waals surface area contributed by atoms with Gasteiger partial charge in [-0.25, -0.2) is 0 Å². The second-order valence-electron chi connectivity index (χ2n) is 6.88. The molecule has 0 aliphatic carbocycles. The number of nitrogens with zero attached hydrogens (tertiary/aromatic N) is 3. The standard InChI is InChI=1S/C21H23N3O2/c1-13(2)24(18-12-14(3)10-11-15(18)4)21(26)19-20(25)16-8-6-7-9-17(16)23(5)22-19/h6-13H,1-5H3. The van der Waals surface area contributed by atoms with Crippen molar-refractivity contribution >= 4 is 22.5 Å². The number of fused-ring (bicyclic) bond motifs is 1. The van der Waals surface area contributed by atoms with E-state index in [0.29, 0.717) is 10.9 Å². The van der Waals surface area contributed by atoms with E-state index in [2.05, 4.69) is 5.10 Å². The third-order valence-corrected chi connectivity index (χ3v) is 4.52. The lowest BCUT2D eigenvalue weighted by atomic mass is 10.1. The zero-order chi connectivity index (χ0) is 19.0. The second-order valence-corrected chi connectivity index (χ2v) is 6.88. The molecule has 1 amide bonds. The Morgan fingerprint density at radius 3 is 2.50 bits per heavy atom. The van der Waals surface area contributed by atoms with Crippen LogP contribution >= 0.6 is 0 Å². The molecule has 134 valence electrons. The zero-order valence-electron chi connectivity index (χ0n) is 15.8. The van der Waals surface area contributed by atoms with Crippen LogP contribution in [-0.4, -0.2) is 21.7 Å². The molecule has 26 heavy (non-hydrogen) atoms. The van der Waals surface area contributed by atoms with E-state index in [4.69, 9.17) is 0 Å². The number of amides is 1. The van der Waals surface area contributed by atoms with Crippen LogP contribution in [-0.2, 0) is 7.05 Å². The summed E-state index contributed by atoms with van der Waals surface area (Å²) in [6.07, 6.45) is 0. The first-order valence-corrected chi connectivity index (χ1v) is 8.68. The number of carbonyl (C=O) groups is 1. The molecule has 1 aromatic heterocycles. The van der Waals surface area contributed by atoms with E-state index in [-0.39, 0.29) is 23.1 Å². The number of anilines is 1. The first-order chi connectivity index (χ1) is 12.3. The van der Waals surface area contributed by atoms with E-state index in [1.807, 2.05) is 58.0 Å². The lowest BCUT2D eigenvalue weighted by molar-refractivity contribution is 0.0972. The SMILES string of the molecule is Cc1ccc(C)c(N(C(=O)c2nn(C)c3ccccc3c2=O)C(C)C)c1. The van der Waals surface area contributed by atoms with Crippen LogP contribution in [0.4, 0.5) is 5.69 Å². The van der Waals surface area contributed by atoms with Gasteiger partial charge in [0.15, 0.2) is 5.69 Å². The minimum atomic E-state index is -0.375. The van der Waals surface area contributed by atoms with Crippen molar-refractivity contribution in [3.63, 3.8) is 0 Å². The number of hydrogen-bond acceptors (Lipinski definition) is 3. The maximum Gasteiger partial charge on any atom is 0.283 e. The highest BCUT2D eigenvalue weighted by Gasteiger charge is 2.27. The smallest absolute Gasteiger partial charge is 0.283 e. The topological polar surface area (TPSA) is 55.2 Å². The van der Waals surface area contributed by atoms with Crippen molar-refractivity contribution in [1.29, 1.82) is 0 Å². The summed E-state index contributed by atoms with van der Waals surface area (Å²) in [6, 6.07) is 13.1. The predicted octanol–water partition coefficient (Wildman–Crippen LogP) is 3.61. The van der Waals surface area contributed by atoms with Crippen molar-refractivity contribution < 1.29 is 4.79 Å². The normalized spacial score (nSPS) is 11.2. The molecule has 0 saturated heterocycles. The molecule has 0 unspecified atom stereocenters. The molecule has 0 bridgehead atoms. The molecule has 3 rings (SSSR count). The van der Waals surface area contributed by atoms with Gasteiger partial charge in [0.05, 0.1) is 5.52 Å². The number of rotatable bonds is 3. The van der Waals surface area contributed by atoms with Gasteiger partial charge in [0.25, 0.3) is 5.91 Å². The molecular weight excluding hydrogens is 326 g/mol. The maximum atomic E-state index is 13.3. The molecule has 0 aliphatic rings. The van der Waals surface area contributed by atoms with E-state index in [9.17, 15) is 9.59 Å². The summed E-state index contributed by atoms with van der Waals surface area (Å²) >= 11 is 0. The summed E-state index contributed by atoms with van der Waals surface area (Å²) in [5, 5.41) is 4.79. The van der Waals surface area contributed by atoms with Crippen LogP contribution in [0.3, 0.4) is 0 Å². The van der Waals surface area contributed by atoms with E-state index in [1.165, 1.54) is 0 Å². The van der Waals surface area contributed by atoms with E-state index in [1.54, 1.807) is 28.8 Å². The zero-order valence-corrected chi connectivity index (χ0v) is 15.8. The molecule has 0 saturated carbocycles. The summed E-state index contributed by atoms with van der Waals surface area (Å²) in [5.74, 6) is -0.375. The first-order valence-electron chi connectivity index (χ1n) is 8.68. The van der Waals surface area contributed by atoms with Gasteiger partial charge in [-0.15, -0.1) is 0 Å². The van der Waals surface area contributed by atoms with Crippen LogP contribution in [0, 0.1) is 13.8 Å². The van der Waals surface area contributed by atoms with Crippen molar-refractivity contribution in [2.24, 2.45) is 7.05 Å². The van der Waals surface area contributed by atoms with Gasteiger partial charge >= 0.3 is 0 Å². The quantitative estimate of drug-likeness (QED) is 0.726. The van der Waals surface area contributed by atoms with E-state index >= 15 is 0 Å². The Hall–Kier alpha value is -2.95. The Balaban J connectivity index is 2.21. The highest BCUT2D eigenvalue weighted by molar-refractivity contribution is 6.06. The van der Waals surface area contributed by atoms with Gasteiger partial charge in [0.1, 0.15) is 0 Å². The highest BCUT2D eigenvalue weighted by Crippen LogP contribution is 2.25. The molecule has 0 radical (unpaired) electrons. The van der Waals surface area contributed by atoms with Gasteiger partial charge in [-0.3, -0.25) is 14.3 Å². The fourth-order valence-electron chi connectivity index (χ4n) is 3.18. The minimum absolute atomic E-state index is 0.0548. The molecule has 0 fully saturated rings. The lowest BCUT2D eigenvalue weighted by Crippen LogP contribution is -2.41. The van der Waals surface area contributed by atoms with Crippen LogP contribution in [0.15, 0.2) is 47.3 Å². The Bertz CT molecular complexity index is 1050. The Kier molecular flexibility index (Phi) is 4.64. The van der Waals surface area contributed by atoms with Crippen molar-refractivity contribution in [2.75, 3.05) is 4.90 Å². The summed E-state index contributed by atoms with van der Waals surface area (Å²) in [4.78, 5) is 27.9. The highest BCUT2D eigenvalue weighted by atomic mass is 16.2. The monoisotopic (exact) mass is 349 g/mol. The number of aryl methyl sites for hydroxylation is 3. The van der Waals surface area contributed by atoms with Crippen LogP contribution in [0.5, 0.6) is 0 Å². The molecule has 2 aromatic carbocycles. The summed E-state index contributed by atoms with van der Waals surface area (Å²) in [5.41, 5.74) is 3.16. The Labute approximate surface area is 152 Å². The number of hydrogen-bond donors (Lipinski definition) is 0. The van der Waals surface area contributed by atoms with E-state index < -0.39 is 0 Å². The lowest BCUT2D eigenvalue weighted by Gasteiger charge is -2.28. The summed E-state index contributed by atoms with van der Waals surface area (Å²) in [7, 11) is 1.75. The maximum absolute atomic E-state index is 13.3. The molecular formula is C21H23N3O2. The molecule has 0 N–H and O–H groups in total. The van der Waals surface area contributed by atoms with Crippen molar-refractivity contribution in [3.8, 4) is 0 Å². The van der Waals surface area contributed by atoms with Gasteiger partial charge < -0.3 is 4.90 Å². The van der Waals surface area contributed by atoms with Crippen molar-refractivity contribution in [1.82, 2.24) is 9.78 Å². The van der Waals surface area contributed by atoms with Crippen molar-refractivity contribution in [2.45, 2.75) is 33.7 Å². The Morgan fingerprint density at radius 2 is 1.81 bits per heavy atom. The molecule has 1 heterocycles. The number of carbonyl (C=O) groups excluding carboxylic acids is 1. The minimum Gasteiger partial charge on any atom is -0.304 e. The van der Waals surface area contributed by atoms with E-state index in [0.717, 1.165) is 16.8 Å². The number of benzene rings is 2. The average molecular weight is 349 g/mol. The van der Waals surface area contributed by atoms with Gasteiger partial charge in [-0.2, -0.15) is 5.10 Å². The van der Waals surface area contributed by atoms with Crippen LogP contribution in [0.2, 0.25) is 0 Å². The van der Waals surface area contributed by atoms with Gasteiger partial charge in [0.2, 0.25) is 5.43 Å². The molecule has 0 spiro atoms. The van der Waals surface area contributed by atoms with Gasteiger partial charge in [-0.05, 0) is 57.0 Å². The van der Waals surface area contributed by atoms with Gasteiger partial charge in [-0.1, -0.05) is 24.3 Å². The molecule has 3 aromatic rings. The summed E-state index contributed by atoms with van der Waals surface area (Å²) < 4.78 is 1.59. The largest absolute Gasteiger partial charge is 0.304 e. The first kappa shape index (κ1) is 17.9. The van der Waals surface area contributed by atoms with Crippen LogP contribution < -0.4 is 10.3 Å². The van der Waals surface area contributed by atoms with Gasteiger partial charge in [0, 0.05) is 24.2 Å².